The molecule has 0 aliphatic heterocycles. The minimum Gasteiger partial charge on any atom is -0.325 e. The molecular weight excluding hydrogens is 362 g/mol. The minimum atomic E-state index is -3.69. The molecule has 0 aliphatic rings. The van der Waals surface area contributed by atoms with Gasteiger partial charge < -0.3 is 5.32 Å². The van der Waals surface area contributed by atoms with Crippen molar-refractivity contribution in [3.63, 3.8) is 0 Å². The van der Waals surface area contributed by atoms with Crippen molar-refractivity contribution < 1.29 is 13.2 Å². The van der Waals surface area contributed by atoms with Gasteiger partial charge in [0.25, 0.3) is 0 Å². The Morgan fingerprint density at radius 3 is 2.44 bits per heavy atom. The summed E-state index contributed by atoms with van der Waals surface area (Å²) >= 11 is 0. The lowest BCUT2D eigenvalue weighted by Gasteiger charge is -2.22. The van der Waals surface area contributed by atoms with E-state index in [2.05, 4.69) is 19.2 Å². The second-order valence-electron chi connectivity index (χ2n) is 6.41. The van der Waals surface area contributed by atoms with Crippen LogP contribution in [0.2, 0.25) is 0 Å². The lowest BCUT2D eigenvalue weighted by molar-refractivity contribution is -0.114. The fourth-order valence-corrected chi connectivity index (χ4v) is 3.44. The van der Waals surface area contributed by atoms with Gasteiger partial charge in [0.15, 0.2) is 0 Å². The zero-order valence-electron chi connectivity index (χ0n) is 15.6. The van der Waals surface area contributed by atoms with Gasteiger partial charge in [-0.05, 0) is 48.2 Å². The van der Waals surface area contributed by atoms with Gasteiger partial charge >= 0.3 is 0 Å². The Bertz CT molecular complexity index is 947. The van der Waals surface area contributed by atoms with Crippen LogP contribution in [0.25, 0.3) is 0 Å². The average molecular weight is 385 g/mol. The Hall–Kier alpha value is -2.85. The van der Waals surface area contributed by atoms with Crippen LogP contribution in [0.5, 0.6) is 0 Å². The number of nitriles is 1. The molecular formula is C20H23N3O3S. The molecule has 2 aromatic rings. The molecule has 27 heavy (non-hydrogen) atoms. The maximum absolute atomic E-state index is 12.4. The molecule has 142 valence electrons. The molecule has 0 heterocycles. The molecule has 0 aliphatic carbocycles. The third kappa shape index (κ3) is 5.56. The number of nitrogens with one attached hydrogen (secondary N) is 1. The highest BCUT2D eigenvalue weighted by Gasteiger charge is 2.21. The van der Waals surface area contributed by atoms with E-state index in [-0.39, 0.29) is 12.2 Å². The first-order valence-electron chi connectivity index (χ1n) is 8.62. The fraction of sp³-hybridized carbons (Fsp3) is 0.300. The molecule has 0 saturated carbocycles. The summed E-state index contributed by atoms with van der Waals surface area (Å²) in [5.74, 6) is -0.0260. The number of amides is 1. The van der Waals surface area contributed by atoms with Crippen LogP contribution in [-0.4, -0.2) is 27.1 Å². The Labute approximate surface area is 160 Å². The summed E-state index contributed by atoms with van der Waals surface area (Å²) in [6.45, 7) is 3.87. The van der Waals surface area contributed by atoms with E-state index >= 15 is 0 Å². The Kier molecular flexibility index (Phi) is 6.59. The van der Waals surface area contributed by atoms with Crippen LogP contribution >= 0.6 is 0 Å². The van der Waals surface area contributed by atoms with Crippen molar-refractivity contribution in [2.45, 2.75) is 26.2 Å². The highest BCUT2D eigenvalue weighted by Crippen LogP contribution is 2.21. The zero-order valence-corrected chi connectivity index (χ0v) is 16.5. The topological polar surface area (TPSA) is 90.3 Å². The quantitative estimate of drug-likeness (QED) is 0.790. The van der Waals surface area contributed by atoms with Gasteiger partial charge in [-0.15, -0.1) is 0 Å². The third-order valence-corrected chi connectivity index (χ3v) is 5.47. The van der Waals surface area contributed by atoms with Crippen LogP contribution in [0.3, 0.4) is 0 Å². The van der Waals surface area contributed by atoms with Crippen LogP contribution in [-0.2, 0) is 14.8 Å². The maximum Gasteiger partial charge on any atom is 0.245 e. The van der Waals surface area contributed by atoms with Crippen LogP contribution in [0.1, 0.15) is 37.3 Å². The Morgan fingerprint density at radius 1 is 1.22 bits per heavy atom. The van der Waals surface area contributed by atoms with E-state index < -0.39 is 15.9 Å². The largest absolute Gasteiger partial charge is 0.325 e. The molecule has 1 amide bonds. The smallest absolute Gasteiger partial charge is 0.245 e. The molecule has 0 aromatic heterocycles. The molecule has 2 aromatic carbocycles. The summed E-state index contributed by atoms with van der Waals surface area (Å²) in [7, 11) is -3.69. The first kappa shape index (κ1) is 20.5. The SMILES string of the molecule is CCC(C)c1ccc(NC(=O)CN(c2cccc(C#N)c2)S(C)(=O)=O)cc1. The van der Waals surface area contributed by atoms with Gasteiger partial charge in [-0.1, -0.05) is 32.0 Å². The zero-order chi connectivity index (χ0) is 20.0. The van der Waals surface area contributed by atoms with E-state index in [1.165, 1.54) is 11.6 Å². The van der Waals surface area contributed by atoms with Crippen molar-refractivity contribution in [1.29, 1.82) is 5.26 Å². The van der Waals surface area contributed by atoms with Crippen molar-refractivity contribution in [1.82, 2.24) is 0 Å². The molecule has 1 atom stereocenters. The summed E-state index contributed by atoms with van der Waals surface area (Å²) < 4.78 is 25.3. The van der Waals surface area contributed by atoms with Gasteiger partial charge in [0, 0.05) is 5.69 Å². The van der Waals surface area contributed by atoms with Gasteiger partial charge in [-0.2, -0.15) is 5.26 Å². The monoisotopic (exact) mass is 385 g/mol. The molecule has 1 N–H and O–H groups in total. The van der Waals surface area contributed by atoms with Gasteiger partial charge in [-0.3, -0.25) is 9.10 Å². The summed E-state index contributed by atoms with van der Waals surface area (Å²) in [6.07, 6.45) is 2.05. The van der Waals surface area contributed by atoms with Crippen LogP contribution in [0.15, 0.2) is 48.5 Å². The highest BCUT2D eigenvalue weighted by molar-refractivity contribution is 7.92. The van der Waals surface area contributed by atoms with Crippen molar-refractivity contribution in [3.8, 4) is 6.07 Å². The van der Waals surface area contributed by atoms with Gasteiger partial charge in [-0.25, -0.2) is 8.42 Å². The van der Waals surface area contributed by atoms with Crippen LogP contribution < -0.4 is 9.62 Å². The predicted molar refractivity (Wildman–Crippen MR) is 107 cm³/mol. The minimum absolute atomic E-state index is 0.277. The molecule has 7 heteroatoms. The number of carbonyl (C=O) groups is 1. The average Bonchev–Trinajstić information content (AvgIpc) is 2.65. The molecule has 1 unspecified atom stereocenters. The van der Waals surface area contributed by atoms with Crippen molar-refractivity contribution in [2.75, 3.05) is 22.4 Å². The summed E-state index contributed by atoms with van der Waals surface area (Å²) in [6, 6.07) is 15.6. The van der Waals surface area contributed by atoms with E-state index in [0.717, 1.165) is 17.0 Å². The van der Waals surface area contributed by atoms with E-state index in [1.54, 1.807) is 30.3 Å². The Morgan fingerprint density at radius 2 is 1.89 bits per heavy atom. The normalized spacial score (nSPS) is 12.1. The first-order valence-corrected chi connectivity index (χ1v) is 10.5. The van der Waals surface area contributed by atoms with E-state index in [0.29, 0.717) is 17.2 Å². The van der Waals surface area contributed by atoms with Crippen LogP contribution in [0, 0.1) is 11.3 Å². The van der Waals surface area contributed by atoms with Gasteiger partial charge in [0.05, 0.1) is 23.6 Å². The third-order valence-electron chi connectivity index (χ3n) is 4.33. The standard InChI is InChI=1S/C20H23N3O3S/c1-4-15(2)17-8-10-18(11-9-17)22-20(24)14-23(27(3,25)26)19-7-5-6-16(12-19)13-21/h5-12,15H,4,14H2,1-3H3,(H,22,24). The number of benzene rings is 2. The number of hydrogen-bond acceptors (Lipinski definition) is 4. The number of nitrogens with zero attached hydrogens (tertiary/aromatic N) is 2. The first-order chi connectivity index (χ1) is 12.7. The lowest BCUT2D eigenvalue weighted by atomic mass is 9.99. The molecule has 6 nitrogen and oxygen atoms in total. The number of carbonyl (C=O) groups excluding carboxylic acids is 1. The van der Waals surface area contributed by atoms with Gasteiger partial charge in [0.2, 0.25) is 15.9 Å². The fourth-order valence-electron chi connectivity index (χ4n) is 2.59. The van der Waals surface area contributed by atoms with Gasteiger partial charge in [0.1, 0.15) is 6.54 Å². The highest BCUT2D eigenvalue weighted by atomic mass is 32.2. The Balaban J connectivity index is 2.16. The summed E-state index contributed by atoms with van der Waals surface area (Å²) in [4.78, 5) is 12.4. The van der Waals surface area contributed by atoms with Crippen molar-refractivity contribution >= 4 is 27.3 Å². The molecule has 0 radical (unpaired) electrons. The molecule has 0 saturated heterocycles. The number of rotatable bonds is 7. The predicted octanol–water partition coefficient (Wildman–Crippen LogP) is 3.48. The second-order valence-corrected chi connectivity index (χ2v) is 8.32. The van der Waals surface area contributed by atoms with E-state index in [1.807, 2.05) is 18.2 Å². The van der Waals surface area contributed by atoms with Crippen molar-refractivity contribution in [3.05, 3.63) is 59.7 Å². The van der Waals surface area contributed by atoms with Crippen LogP contribution in [0.4, 0.5) is 11.4 Å². The molecule has 0 bridgehead atoms. The summed E-state index contributed by atoms with van der Waals surface area (Å²) in [5, 5.41) is 11.7. The van der Waals surface area contributed by atoms with E-state index in [9.17, 15) is 13.2 Å². The summed E-state index contributed by atoms with van der Waals surface area (Å²) in [5.41, 5.74) is 2.38. The number of sulfonamides is 1. The van der Waals surface area contributed by atoms with Crippen molar-refractivity contribution in [2.24, 2.45) is 0 Å². The lowest BCUT2D eigenvalue weighted by Crippen LogP contribution is -2.37. The number of hydrogen-bond donors (Lipinski definition) is 1. The number of anilines is 2. The molecule has 2 rings (SSSR count). The maximum atomic E-state index is 12.4. The second kappa shape index (κ2) is 8.69. The molecule has 0 fully saturated rings. The molecule has 0 spiro atoms. The van der Waals surface area contributed by atoms with E-state index in [4.69, 9.17) is 5.26 Å².